The van der Waals surface area contributed by atoms with Crippen LogP contribution in [-0.4, -0.2) is 70.4 Å². The Bertz CT molecular complexity index is 779. The zero-order valence-corrected chi connectivity index (χ0v) is 19.0. The number of nitrogens with two attached hydrogens (primary N) is 1. The van der Waals surface area contributed by atoms with E-state index < -0.39 is 54.5 Å². The molecule has 32 heavy (non-hydrogen) atoms. The van der Waals surface area contributed by atoms with E-state index in [0.717, 1.165) is 0 Å². The third kappa shape index (κ3) is 8.48. The zero-order chi connectivity index (χ0) is 24.3. The maximum absolute atomic E-state index is 12.8. The number of carboxylic acid groups (broad SMARTS) is 1. The standard InChI is InChI=1S/C21H32N4O6S/c1-3-12(2)17(22)20(29)25-16(11-32)19(28)23-14(9-13-7-5-4-6-8-13)18(27)24-15(10-26)21(30)31/h4-8,12,14-17,26,32H,3,9-11,22H2,1-2H3,(H,23,28)(H,24,27)(H,25,29)(H,30,31). The average molecular weight is 469 g/mol. The van der Waals surface area contributed by atoms with Crippen LogP contribution in [0.5, 0.6) is 0 Å². The van der Waals surface area contributed by atoms with Crippen LogP contribution in [0.1, 0.15) is 25.8 Å². The van der Waals surface area contributed by atoms with E-state index in [2.05, 4.69) is 28.6 Å². The molecule has 0 aliphatic carbocycles. The summed E-state index contributed by atoms with van der Waals surface area (Å²) < 4.78 is 0. The molecule has 1 rings (SSSR count). The first-order chi connectivity index (χ1) is 15.1. The lowest BCUT2D eigenvalue weighted by Crippen LogP contribution is -2.59. The first-order valence-electron chi connectivity index (χ1n) is 10.3. The quantitative estimate of drug-likeness (QED) is 0.183. The van der Waals surface area contributed by atoms with E-state index in [1.165, 1.54) is 0 Å². The minimum absolute atomic E-state index is 0.0428. The maximum Gasteiger partial charge on any atom is 0.328 e. The molecule has 5 atom stereocenters. The number of benzene rings is 1. The van der Waals surface area contributed by atoms with E-state index in [0.29, 0.717) is 12.0 Å². The van der Waals surface area contributed by atoms with Gasteiger partial charge in [0.15, 0.2) is 0 Å². The van der Waals surface area contributed by atoms with Gasteiger partial charge >= 0.3 is 5.97 Å². The van der Waals surface area contributed by atoms with Crippen LogP contribution in [0.4, 0.5) is 0 Å². The Labute approximate surface area is 192 Å². The molecular weight excluding hydrogens is 436 g/mol. The number of aliphatic hydroxyl groups excluding tert-OH is 1. The monoisotopic (exact) mass is 468 g/mol. The van der Waals surface area contributed by atoms with Crippen molar-refractivity contribution in [3.8, 4) is 0 Å². The third-order valence-electron chi connectivity index (χ3n) is 5.09. The Morgan fingerprint density at radius 2 is 1.50 bits per heavy atom. The van der Waals surface area contributed by atoms with E-state index in [-0.39, 0.29) is 18.1 Å². The molecule has 11 heteroatoms. The summed E-state index contributed by atoms with van der Waals surface area (Å²) in [5.74, 6) is -3.52. The lowest BCUT2D eigenvalue weighted by molar-refractivity contribution is -0.143. The SMILES string of the molecule is CCC(C)C(N)C(=O)NC(CS)C(=O)NC(Cc1ccccc1)C(=O)NC(CO)C(=O)O. The number of aliphatic carboxylic acids is 1. The Morgan fingerprint density at radius 3 is 2.00 bits per heavy atom. The number of aliphatic hydroxyl groups is 1. The molecule has 0 bridgehead atoms. The molecule has 0 aromatic heterocycles. The molecule has 1 aromatic rings. The second-order valence-electron chi connectivity index (χ2n) is 7.49. The highest BCUT2D eigenvalue weighted by molar-refractivity contribution is 7.80. The van der Waals surface area contributed by atoms with Gasteiger partial charge in [-0.1, -0.05) is 50.6 Å². The summed E-state index contributed by atoms with van der Waals surface area (Å²) in [5, 5.41) is 25.6. The van der Waals surface area contributed by atoms with Gasteiger partial charge in [0.25, 0.3) is 0 Å². The third-order valence-corrected chi connectivity index (χ3v) is 5.45. The van der Waals surface area contributed by atoms with Crippen LogP contribution in [0.25, 0.3) is 0 Å². The van der Waals surface area contributed by atoms with Crippen molar-refractivity contribution in [1.82, 2.24) is 16.0 Å². The van der Waals surface area contributed by atoms with E-state index in [1.54, 1.807) is 30.3 Å². The van der Waals surface area contributed by atoms with E-state index in [9.17, 15) is 24.3 Å². The summed E-state index contributed by atoms with van der Waals surface area (Å²) in [4.78, 5) is 49.0. The topological polar surface area (TPSA) is 171 Å². The van der Waals surface area contributed by atoms with Crippen LogP contribution < -0.4 is 21.7 Å². The first kappa shape index (κ1) is 27.4. The molecule has 0 heterocycles. The summed E-state index contributed by atoms with van der Waals surface area (Å²) in [6.07, 6.45) is 0.747. The van der Waals surface area contributed by atoms with Gasteiger partial charge in [-0.25, -0.2) is 4.79 Å². The molecule has 0 aliphatic rings. The van der Waals surface area contributed by atoms with Crippen molar-refractivity contribution >= 4 is 36.3 Å². The highest BCUT2D eigenvalue weighted by Gasteiger charge is 2.30. The normalized spacial score (nSPS) is 15.5. The number of rotatable bonds is 13. The van der Waals surface area contributed by atoms with Crippen LogP contribution in [-0.2, 0) is 25.6 Å². The van der Waals surface area contributed by atoms with Crippen molar-refractivity contribution in [3.05, 3.63) is 35.9 Å². The first-order valence-corrected chi connectivity index (χ1v) is 10.9. The van der Waals surface area contributed by atoms with E-state index >= 15 is 0 Å². The van der Waals surface area contributed by atoms with Crippen molar-refractivity contribution in [2.45, 2.75) is 50.9 Å². The summed E-state index contributed by atoms with van der Waals surface area (Å²) >= 11 is 4.12. The molecule has 0 saturated carbocycles. The summed E-state index contributed by atoms with van der Waals surface area (Å²) in [7, 11) is 0. The number of hydrogen-bond acceptors (Lipinski definition) is 7. The molecule has 0 saturated heterocycles. The van der Waals surface area contributed by atoms with Gasteiger partial charge in [-0.3, -0.25) is 14.4 Å². The van der Waals surface area contributed by atoms with Crippen LogP contribution >= 0.6 is 12.6 Å². The number of amides is 3. The van der Waals surface area contributed by atoms with Crippen molar-refractivity contribution in [1.29, 1.82) is 0 Å². The summed E-state index contributed by atoms with van der Waals surface area (Å²) in [6, 6.07) is 4.26. The molecule has 178 valence electrons. The Kier molecular flexibility index (Phi) is 11.7. The van der Waals surface area contributed by atoms with Crippen LogP contribution in [0.15, 0.2) is 30.3 Å². The van der Waals surface area contributed by atoms with Crippen LogP contribution in [0, 0.1) is 5.92 Å². The van der Waals surface area contributed by atoms with E-state index in [4.69, 9.17) is 10.8 Å². The molecule has 1 aromatic carbocycles. The zero-order valence-electron chi connectivity index (χ0n) is 18.2. The second-order valence-corrected chi connectivity index (χ2v) is 7.85. The fourth-order valence-electron chi connectivity index (χ4n) is 2.76. The fraction of sp³-hybridized carbons (Fsp3) is 0.524. The summed E-state index contributed by atoms with van der Waals surface area (Å²) in [6.45, 7) is 2.90. The van der Waals surface area contributed by atoms with E-state index in [1.807, 2.05) is 13.8 Å². The fourth-order valence-corrected chi connectivity index (χ4v) is 3.02. The largest absolute Gasteiger partial charge is 0.480 e. The van der Waals surface area contributed by atoms with Gasteiger partial charge in [0.05, 0.1) is 12.6 Å². The predicted octanol–water partition coefficient (Wildman–Crippen LogP) is -0.936. The van der Waals surface area contributed by atoms with Crippen LogP contribution in [0.3, 0.4) is 0 Å². The molecule has 0 aliphatic heterocycles. The van der Waals surface area contributed by atoms with Gasteiger partial charge in [0, 0.05) is 12.2 Å². The molecule has 5 unspecified atom stereocenters. The second kappa shape index (κ2) is 13.7. The highest BCUT2D eigenvalue weighted by atomic mass is 32.1. The lowest BCUT2D eigenvalue weighted by Gasteiger charge is -2.25. The van der Waals surface area contributed by atoms with Gasteiger partial charge in [0.2, 0.25) is 17.7 Å². The average Bonchev–Trinajstić information content (AvgIpc) is 2.79. The predicted molar refractivity (Wildman–Crippen MR) is 122 cm³/mol. The van der Waals surface area contributed by atoms with Gasteiger partial charge in [-0.05, 0) is 11.5 Å². The minimum atomic E-state index is -1.52. The molecule has 7 N–H and O–H groups in total. The maximum atomic E-state index is 12.8. The number of nitrogens with one attached hydrogen (secondary N) is 3. The molecule has 0 radical (unpaired) electrons. The molecular formula is C21H32N4O6S. The smallest absolute Gasteiger partial charge is 0.328 e. The van der Waals surface area contributed by atoms with Crippen molar-refractivity contribution in [2.75, 3.05) is 12.4 Å². The van der Waals surface area contributed by atoms with Crippen molar-refractivity contribution < 1.29 is 29.4 Å². The van der Waals surface area contributed by atoms with Gasteiger partial charge in [0.1, 0.15) is 18.1 Å². The Morgan fingerprint density at radius 1 is 0.969 bits per heavy atom. The Hall–Kier alpha value is -2.63. The number of carboxylic acids is 1. The molecule has 10 nitrogen and oxygen atoms in total. The van der Waals surface area contributed by atoms with Crippen LogP contribution in [0.2, 0.25) is 0 Å². The summed E-state index contributed by atoms with van der Waals surface area (Å²) in [5.41, 5.74) is 6.63. The van der Waals surface area contributed by atoms with Gasteiger partial charge in [-0.2, -0.15) is 12.6 Å². The number of carbonyl (C=O) groups is 4. The number of carbonyl (C=O) groups excluding carboxylic acids is 3. The van der Waals surface area contributed by atoms with Gasteiger partial charge in [-0.15, -0.1) is 0 Å². The van der Waals surface area contributed by atoms with Crippen molar-refractivity contribution in [2.24, 2.45) is 11.7 Å². The molecule has 0 spiro atoms. The number of thiol groups is 1. The van der Waals surface area contributed by atoms with Gasteiger partial charge < -0.3 is 31.9 Å². The molecule has 0 fully saturated rings. The minimum Gasteiger partial charge on any atom is -0.480 e. The van der Waals surface area contributed by atoms with Crippen molar-refractivity contribution in [3.63, 3.8) is 0 Å². The lowest BCUT2D eigenvalue weighted by atomic mass is 9.99. The Balaban J connectivity index is 2.97. The highest BCUT2D eigenvalue weighted by Crippen LogP contribution is 2.07. The molecule has 3 amide bonds. The number of hydrogen-bond donors (Lipinski definition) is 7.